The van der Waals surface area contributed by atoms with Crippen LogP contribution in [0.5, 0.6) is 5.75 Å². The smallest absolute Gasteiger partial charge is 0.146 e. The number of hydrogen-bond donors (Lipinski definition) is 3. The number of halogens is 1. The van der Waals surface area contributed by atoms with Crippen LogP contribution in [0.1, 0.15) is 32.6 Å². The molecule has 0 bridgehead atoms. The SMILES string of the molecule is CCCCCCOC1=CC(=Nc2ccc(O)c(Cl)c2)C(N)=CC1=N. The van der Waals surface area contributed by atoms with Crippen molar-refractivity contribution in [2.75, 3.05) is 6.61 Å². The summed E-state index contributed by atoms with van der Waals surface area (Å²) >= 11 is 5.89. The van der Waals surface area contributed by atoms with Gasteiger partial charge in [0.1, 0.15) is 11.5 Å². The van der Waals surface area contributed by atoms with Crippen molar-refractivity contribution < 1.29 is 9.84 Å². The minimum Gasteiger partial charge on any atom is -0.506 e. The summed E-state index contributed by atoms with van der Waals surface area (Å²) in [6.07, 6.45) is 7.62. The van der Waals surface area contributed by atoms with E-state index in [2.05, 4.69) is 11.9 Å². The number of aromatic hydroxyl groups is 1. The Morgan fingerprint density at radius 1 is 1.25 bits per heavy atom. The Kier molecular flexibility index (Phi) is 6.44. The van der Waals surface area contributed by atoms with Gasteiger partial charge in [0.05, 0.1) is 34.4 Å². The molecule has 0 aliphatic heterocycles. The first-order valence-corrected chi connectivity index (χ1v) is 8.37. The van der Waals surface area contributed by atoms with E-state index in [0.717, 1.165) is 12.8 Å². The fourth-order valence-electron chi connectivity index (χ4n) is 2.22. The maximum atomic E-state index is 9.46. The lowest BCUT2D eigenvalue weighted by Gasteiger charge is -2.15. The quantitative estimate of drug-likeness (QED) is 0.501. The second-order valence-corrected chi connectivity index (χ2v) is 5.97. The van der Waals surface area contributed by atoms with Crippen LogP contribution in [-0.4, -0.2) is 23.1 Å². The van der Waals surface area contributed by atoms with Gasteiger partial charge in [0.15, 0.2) is 0 Å². The predicted octanol–water partition coefficient (Wildman–Crippen LogP) is 4.47. The van der Waals surface area contributed by atoms with Crippen LogP contribution >= 0.6 is 11.6 Å². The van der Waals surface area contributed by atoms with Crippen LogP contribution in [0.15, 0.2) is 46.8 Å². The van der Waals surface area contributed by atoms with Crippen LogP contribution < -0.4 is 5.73 Å². The average Bonchev–Trinajstić information content (AvgIpc) is 2.54. The lowest BCUT2D eigenvalue weighted by atomic mass is 10.1. The van der Waals surface area contributed by atoms with Crippen molar-refractivity contribution in [2.24, 2.45) is 10.7 Å². The molecule has 2 rings (SSSR count). The van der Waals surface area contributed by atoms with Gasteiger partial charge in [0.2, 0.25) is 0 Å². The fourth-order valence-corrected chi connectivity index (χ4v) is 2.39. The summed E-state index contributed by atoms with van der Waals surface area (Å²) in [4.78, 5) is 4.42. The Hall–Kier alpha value is -2.27. The van der Waals surface area contributed by atoms with E-state index in [1.54, 1.807) is 18.2 Å². The highest BCUT2D eigenvalue weighted by Crippen LogP contribution is 2.28. The van der Waals surface area contributed by atoms with E-state index in [0.29, 0.717) is 29.5 Å². The number of phenols is 1. The van der Waals surface area contributed by atoms with E-state index in [4.69, 9.17) is 27.5 Å². The average molecular weight is 348 g/mol. The Morgan fingerprint density at radius 3 is 2.75 bits per heavy atom. The van der Waals surface area contributed by atoms with Gasteiger partial charge in [-0.05, 0) is 30.7 Å². The summed E-state index contributed by atoms with van der Waals surface area (Å²) in [7, 11) is 0. The van der Waals surface area contributed by atoms with Crippen molar-refractivity contribution in [1.82, 2.24) is 0 Å². The minimum absolute atomic E-state index is 0.00111. The summed E-state index contributed by atoms with van der Waals surface area (Å²) in [6, 6.07) is 4.66. The molecule has 24 heavy (non-hydrogen) atoms. The van der Waals surface area contributed by atoms with Crippen molar-refractivity contribution >= 4 is 28.7 Å². The molecule has 0 saturated carbocycles. The van der Waals surface area contributed by atoms with Crippen LogP contribution in [0.2, 0.25) is 5.02 Å². The highest BCUT2D eigenvalue weighted by atomic mass is 35.5. The lowest BCUT2D eigenvalue weighted by Crippen LogP contribution is -2.19. The zero-order chi connectivity index (χ0) is 17.5. The van der Waals surface area contributed by atoms with Gasteiger partial charge in [-0.3, -0.25) is 5.41 Å². The number of unbranched alkanes of at least 4 members (excludes halogenated alkanes) is 3. The van der Waals surface area contributed by atoms with Crippen LogP contribution in [0.3, 0.4) is 0 Å². The monoisotopic (exact) mass is 347 g/mol. The summed E-state index contributed by atoms with van der Waals surface area (Å²) in [6.45, 7) is 2.73. The molecular formula is C18H22ClN3O2. The minimum atomic E-state index is 0.00111. The summed E-state index contributed by atoms with van der Waals surface area (Å²) < 4.78 is 5.69. The molecule has 1 aromatic carbocycles. The van der Waals surface area contributed by atoms with Crippen LogP contribution in [0.4, 0.5) is 5.69 Å². The molecule has 1 aromatic rings. The molecule has 0 unspecified atom stereocenters. The number of nitrogens with one attached hydrogen (secondary N) is 1. The normalized spacial score (nSPS) is 16.1. The number of nitrogens with zero attached hydrogens (tertiary/aromatic N) is 1. The lowest BCUT2D eigenvalue weighted by molar-refractivity contribution is 0.223. The zero-order valence-corrected chi connectivity index (χ0v) is 14.4. The molecule has 5 nitrogen and oxygen atoms in total. The third-order valence-electron chi connectivity index (χ3n) is 3.57. The van der Waals surface area contributed by atoms with E-state index < -0.39 is 0 Å². The molecule has 0 fully saturated rings. The number of aliphatic imine (C=N–C) groups is 1. The maximum absolute atomic E-state index is 9.46. The Labute approximate surface area is 147 Å². The highest BCUT2D eigenvalue weighted by molar-refractivity contribution is 6.32. The first kappa shape index (κ1) is 18.1. The second-order valence-electron chi connectivity index (χ2n) is 5.56. The van der Waals surface area contributed by atoms with Gasteiger partial charge in [0, 0.05) is 6.08 Å². The van der Waals surface area contributed by atoms with E-state index in [1.807, 2.05) is 0 Å². The van der Waals surface area contributed by atoms with Gasteiger partial charge in [0.25, 0.3) is 0 Å². The Morgan fingerprint density at radius 2 is 2.04 bits per heavy atom. The van der Waals surface area contributed by atoms with E-state index in [1.165, 1.54) is 25.0 Å². The fraction of sp³-hybridized carbons (Fsp3) is 0.333. The number of phenolic OH excluding ortho intramolecular Hbond substituents is 1. The number of hydrogen-bond acceptors (Lipinski definition) is 5. The number of nitrogens with two attached hydrogens (primary N) is 1. The summed E-state index contributed by atoms with van der Waals surface area (Å²) in [5.74, 6) is 0.463. The molecule has 0 amide bonds. The van der Waals surface area contributed by atoms with Crippen molar-refractivity contribution in [3.8, 4) is 5.75 Å². The second kappa shape index (κ2) is 8.55. The molecule has 4 N–H and O–H groups in total. The molecule has 1 aliphatic rings. The van der Waals surface area contributed by atoms with Crippen LogP contribution in [0, 0.1) is 5.41 Å². The molecule has 0 spiro atoms. The Bertz CT molecular complexity index is 708. The van der Waals surface area contributed by atoms with Gasteiger partial charge in [-0.15, -0.1) is 0 Å². The number of ether oxygens (including phenoxy) is 1. The summed E-state index contributed by atoms with van der Waals surface area (Å²) in [5, 5.41) is 17.6. The standard InChI is InChI=1S/C18H22ClN3O2/c1-2-3-4-5-8-24-18-11-16(14(20)10-15(18)21)22-12-6-7-17(23)13(19)9-12/h6-7,9-11,21,23H,2-5,8,20H2,1H3. The zero-order valence-electron chi connectivity index (χ0n) is 13.7. The molecule has 128 valence electrons. The van der Waals surface area contributed by atoms with Crippen LogP contribution in [-0.2, 0) is 4.74 Å². The van der Waals surface area contributed by atoms with Crippen LogP contribution in [0.25, 0.3) is 0 Å². The molecule has 1 aliphatic carbocycles. The van der Waals surface area contributed by atoms with E-state index in [-0.39, 0.29) is 16.5 Å². The van der Waals surface area contributed by atoms with Gasteiger partial charge in [-0.25, -0.2) is 4.99 Å². The predicted molar refractivity (Wildman–Crippen MR) is 98.4 cm³/mol. The molecule has 0 aromatic heterocycles. The third-order valence-corrected chi connectivity index (χ3v) is 3.87. The number of benzene rings is 1. The first-order valence-electron chi connectivity index (χ1n) is 7.99. The largest absolute Gasteiger partial charge is 0.506 e. The molecule has 0 atom stereocenters. The topological polar surface area (TPSA) is 91.7 Å². The van der Waals surface area contributed by atoms with E-state index in [9.17, 15) is 5.11 Å². The van der Waals surface area contributed by atoms with Crippen molar-refractivity contribution in [1.29, 1.82) is 5.41 Å². The van der Waals surface area contributed by atoms with Gasteiger partial charge in [-0.1, -0.05) is 37.8 Å². The van der Waals surface area contributed by atoms with Gasteiger partial charge < -0.3 is 15.6 Å². The number of rotatable bonds is 7. The van der Waals surface area contributed by atoms with Crippen molar-refractivity contribution in [2.45, 2.75) is 32.6 Å². The van der Waals surface area contributed by atoms with Crippen molar-refractivity contribution in [3.05, 3.63) is 46.8 Å². The molecular weight excluding hydrogens is 326 g/mol. The van der Waals surface area contributed by atoms with Gasteiger partial charge >= 0.3 is 0 Å². The first-order chi connectivity index (χ1) is 11.5. The molecule has 0 radical (unpaired) electrons. The maximum Gasteiger partial charge on any atom is 0.146 e. The Balaban J connectivity index is 2.12. The molecule has 0 heterocycles. The molecule has 6 heteroatoms. The van der Waals surface area contributed by atoms with Gasteiger partial charge in [-0.2, -0.15) is 0 Å². The highest BCUT2D eigenvalue weighted by Gasteiger charge is 2.15. The van der Waals surface area contributed by atoms with Crippen molar-refractivity contribution in [3.63, 3.8) is 0 Å². The number of allylic oxidation sites excluding steroid dienone is 2. The molecule has 0 saturated heterocycles. The van der Waals surface area contributed by atoms with E-state index >= 15 is 0 Å². The summed E-state index contributed by atoms with van der Waals surface area (Å²) in [5.41, 5.74) is 7.66. The third kappa shape index (κ3) is 4.86.